The number of rotatable bonds is 1. The summed E-state index contributed by atoms with van der Waals surface area (Å²) in [5.41, 5.74) is 3.92. The van der Waals surface area contributed by atoms with Crippen LogP contribution < -0.4 is 10.2 Å². The highest BCUT2D eigenvalue weighted by Crippen LogP contribution is 2.31. The molecule has 1 aliphatic heterocycles. The molecule has 0 saturated carbocycles. The third kappa shape index (κ3) is 1.45. The molecule has 76 valence electrons. The van der Waals surface area contributed by atoms with Crippen molar-refractivity contribution in [3.05, 3.63) is 23.8 Å². The second-order valence-electron chi connectivity index (χ2n) is 4.07. The molecule has 0 spiro atoms. The van der Waals surface area contributed by atoms with Gasteiger partial charge < -0.3 is 10.2 Å². The van der Waals surface area contributed by atoms with Gasteiger partial charge in [-0.25, -0.2) is 0 Å². The molecule has 2 nitrogen and oxygen atoms in total. The van der Waals surface area contributed by atoms with Crippen LogP contribution in [0, 0.1) is 6.92 Å². The average Bonchev–Trinajstić information content (AvgIpc) is 2.18. The van der Waals surface area contributed by atoms with Gasteiger partial charge in [-0.2, -0.15) is 0 Å². The number of hydrogen-bond acceptors (Lipinski definition) is 2. The molecule has 14 heavy (non-hydrogen) atoms. The number of fused-ring (bicyclic) bond motifs is 1. The lowest BCUT2D eigenvalue weighted by Gasteiger charge is -2.36. The van der Waals surface area contributed by atoms with Gasteiger partial charge in [0, 0.05) is 19.6 Å². The fourth-order valence-electron chi connectivity index (χ4n) is 2.08. The topological polar surface area (TPSA) is 15.3 Å². The minimum atomic E-state index is 0.630. The van der Waals surface area contributed by atoms with Crippen LogP contribution in [0.3, 0.4) is 0 Å². The zero-order chi connectivity index (χ0) is 10.1. The third-order valence-corrected chi connectivity index (χ3v) is 3.08. The second kappa shape index (κ2) is 3.52. The minimum absolute atomic E-state index is 0.630. The second-order valence-corrected chi connectivity index (χ2v) is 4.07. The monoisotopic (exact) mass is 190 g/mol. The highest BCUT2D eigenvalue weighted by atomic mass is 15.2. The van der Waals surface area contributed by atoms with E-state index in [2.05, 4.69) is 49.3 Å². The van der Waals surface area contributed by atoms with Crippen molar-refractivity contribution in [2.75, 3.05) is 23.8 Å². The Morgan fingerprint density at radius 2 is 2.29 bits per heavy atom. The fraction of sp³-hybridized carbons (Fsp3) is 0.500. The molecule has 0 aromatic heterocycles. The Bertz CT molecular complexity index is 333. The zero-order valence-electron chi connectivity index (χ0n) is 9.17. The highest BCUT2D eigenvalue weighted by Gasteiger charge is 2.20. The van der Waals surface area contributed by atoms with Gasteiger partial charge in [0.1, 0.15) is 0 Å². The minimum Gasteiger partial charge on any atom is -0.381 e. The van der Waals surface area contributed by atoms with Crippen LogP contribution in [0.5, 0.6) is 0 Å². The molecular formula is C12H18N2. The van der Waals surface area contributed by atoms with Gasteiger partial charge in [-0.15, -0.1) is 0 Å². The van der Waals surface area contributed by atoms with Crippen molar-refractivity contribution in [1.29, 1.82) is 0 Å². The molecule has 1 atom stereocenters. The fourth-order valence-corrected chi connectivity index (χ4v) is 2.08. The summed E-state index contributed by atoms with van der Waals surface area (Å²) in [6, 6.07) is 7.23. The lowest BCUT2D eigenvalue weighted by atomic mass is 10.1. The number of nitrogens with one attached hydrogen (secondary N) is 1. The molecule has 0 aliphatic carbocycles. The van der Waals surface area contributed by atoms with Gasteiger partial charge in [0.05, 0.1) is 11.4 Å². The molecule has 1 N–H and O–H groups in total. The quantitative estimate of drug-likeness (QED) is 0.732. The number of benzene rings is 1. The number of aryl methyl sites for hydroxylation is 1. The molecule has 1 aromatic rings. The van der Waals surface area contributed by atoms with E-state index in [-0.39, 0.29) is 0 Å². The maximum absolute atomic E-state index is 3.49. The van der Waals surface area contributed by atoms with Crippen molar-refractivity contribution >= 4 is 11.4 Å². The zero-order valence-corrected chi connectivity index (χ0v) is 9.17. The van der Waals surface area contributed by atoms with Crippen molar-refractivity contribution in [3.8, 4) is 0 Å². The average molecular weight is 190 g/mol. The molecule has 0 saturated heterocycles. The molecule has 2 rings (SSSR count). The summed E-state index contributed by atoms with van der Waals surface area (Å²) >= 11 is 0. The van der Waals surface area contributed by atoms with Crippen LogP contribution in [-0.2, 0) is 0 Å². The normalized spacial score (nSPS) is 20.2. The van der Waals surface area contributed by atoms with Crippen molar-refractivity contribution < 1.29 is 0 Å². The molecule has 1 unspecified atom stereocenters. The van der Waals surface area contributed by atoms with Crippen LogP contribution in [0.4, 0.5) is 11.4 Å². The van der Waals surface area contributed by atoms with Gasteiger partial charge in [-0.1, -0.05) is 13.0 Å². The van der Waals surface area contributed by atoms with Crippen LogP contribution in [0.1, 0.15) is 18.9 Å². The predicted molar refractivity (Wildman–Crippen MR) is 62.2 cm³/mol. The molecule has 0 bridgehead atoms. The number of nitrogens with zero attached hydrogens (tertiary/aromatic N) is 1. The van der Waals surface area contributed by atoms with E-state index in [4.69, 9.17) is 0 Å². The predicted octanol–water partition coefficient (Wildman–Crippen LogP) is 2.64. The Balaban J connectivity index is 2.36. The maximum Gasteiger partial charge on any atom is 0.0602 e. The van der Waals surface area contributed by atoms with Gasteiger partial charge in [0.25, 0.3) is 0 Å². The molecule has 1 heterocycles. The van der Waals surface area contributed by atoms with Gasteiger partial charge in [-0.05, 0) is 31.0 Å². The number of likely N-dealkylation sites (N-methyl/N-ethyl adjacent to an activating group) is 1. The first-order chi connectivity index (χ1) is 6.72. The summed E-state index contributed by atoms with van der Waals surface area (Å²) in [7, 11) is 2.18. The smallest absolute Gasteiger partial charge is 0.0602 e. The summed E-state index contributed by atoms with van der Waals surface area (Å²) in [5.74, 6) is 0. The highest BCUT2D eigenvalue weighted by molar-refractivity contribution is 5.73. The van der Waals surface area contributed by atoms with E-state index < -0.39 is 0 Å². The van der Waals surface area contributed by atoms with E-state index in [1.165, 1.54) is 23.4 Å². The van der Waals surface area contributed by atoms with E-state index >= 15 is 0 Å². The lowest BCUT2D eigenvalue weighted by Crippen LogP contribution is -2.40. The SMILES string of the molecule is CCC1CNc2cc(C)ccc2N1C. The molecular weight excluding hydrogens is 172 g/mol. The summed E-state index contributed by atoms with van der Waals surface area (Å²) in [6.45, 7) is 5.43. The number of hydrogen-bond donors (Lipinski definition) is 1. The van der Waals surface area contributed by atoms with Gasteiger partial charge in [0.15, 0.2) is 0 Å². The first kappa shape index (κ1) is 9.38. The first-order valence-electron chi connectivity index (χ1n) is 5.29. The Morgan fingerprint density at radius 3 is 3.00 bits per heavy atom. The summed E-state index contributed by atoms with van der Waals surface area (Å²) in [5, 5.41) is 3.49. The van der Waals surface area contributed by atoms with Gasteiger partial charge in [0.2, 0.25) is 0 Å². The first-order valence-corrected chi connectivity index (χ1v) is 5.29. The van der Waals surface area contributed by atoms with E-state index in [1.807, 2.05) is 0 Å². The van der Waals surface area contributed by atoms with Crippen molar-refractivity contribution in [2.45, 2.75) is 26.3 Å². The molecule has 1 aliphatic rings. The standard InChI is InChI=1S/C12H18N2/c1-4-10-8-13-11-7-9(2)5-6-12(11)14(10)3/h5-7,10,13H,4,8H2,1-3H3. The summed E-state index contributed by atoms with van der Waals surface area (Å²) < 4.78 is 0. The van der Waals surface area contributed by atoms with Crippen molar-refractivity contribution in [1.82, 2.24) is 0 Å². The Labute approximate surface area is 85.9 Å². The molecule has 1 aromatic carbocycles. The molecule has 0 fully saturated rings. The van der Waals surface area contributed by atoms with E-state index in [1.54, 1.807) is 0 Å². The van der Waals surface area contributed by atoms with Gasteiger partial charge >= 0.3 is 0 Å². The van der Waals surface area contributed by atoms with E-state index in [0.717, 1.165) is 6.54 Å². The van der Waals surface area contributed by atoms with Crippen molar-refractivity contribution in [2.24, 2.45) is 0 Å². The van der Waals surface area contributed by atoms with E-state index in [9.17, 15) is 0 Å². The number of anilines is 2. The van der Waals surface area contributed by atoms with Crippen LogP contribution in [0.15, 0.2) is 18.2 Å². The Hall–Kier alpha value is -1.18. The van der Waals surface area contributed by atoms with Gasteiger partial charge in [-0.3, -0.25) is 0 Å². The van der Waals surface area contributed by atoms with Crippen LogP contribution in [0.25, 0.3) is 0 Å². The Kier molecular flexibility index (Phi) is 2.36. The van der Waals surface area contributed by atoms with Crippen molar-refractivity contribution in [3.63, 3.8) is 0 Å². The van der Waals surface area contributed by atoms with E-state index in [0.29, 0.717) is 6.04 Å². The summed E-state index contributed by atoms with van der Waals surface area (Å²) in [6.07, 6.45) is 1.19. The Morgan fingerprint density at radius 1 is 1.50 bits per heavy atom. The molecule has 0 amide bonds. The van der Waals surface area contributed by atoms with Crippen LogP contribution in [-0.4, -0.2) is 19.6 Å². The molecule has 2 heteroatoms. The third-order valence-electron chi connectivity index (χ3n) is 3.08. The largest absolute Gasteiger partial charge is 0.381 e. The van der Waals surface area contributed by atoms with Crippen LogP contribution in [0.2, 0.25) is 0 Å². The lowest BCUT2D eigenvalue weighted by molar-refractivity contribution is 0.622. The summed E-state index contributed by atoms with van der Waals surface area (Å²) in [4.78, 5) is 2.38. The van der Waals surface area contributed by atoms with Crippen LogP contribution >= 0.6 is 0 Å². The maximum atomic E-state index is 3.49. The molecule has 0 radical (unpaired) electrons.